The third kappa shape index (κ3) is 6.09. The van der Waals surface area contributed by atoms with Gasteiger partial charge in [0.2, 0.25) is 5.91 Å². The second-order valence-corrected chi connectivity index (χ2v) is 9.09. The van der Waals surface area contributed by atoms with Crippen LogP contribution in [0.15, 0.2) is 82.4 Å². The molecule has 0 fully saturated rings. The summed E-state index contributed by atoms with van der Waals surface area (Å²) in [5.41, 5.74) is 2.58. The quantitative estimate of drug-likeness (QED) is 0.347. The van der Waals surface area contributed by atoms with Crippen LogP contribution in [-0.2, 0) is 18.4 Å². The highest BCUT2D eigenvalue weighted by Crippen LogP contribution is 2.26. The van der Waals surface area contributed by atoms with Crippen LogP contribution in [-0.4, -0.2) is 20.4 Å². The van der Waals surface area contributed by atoms with Gasteiger partial charge in [-0.2, -0.15) is 0 Å². The van der Waals surface area contributed by atoms with Gasteiger partial charge >= 0.3 is 0 Å². The number of amides is 1. The van der Waals surface area contributed by atoms with Gasteiger partial charge < -0.3 is 14.6 Å². The zero-order chi connectivity index (χ0) is 22.3. The molecule has 162 valence electrons. The van der Waals surface area contributed by atoms with E-state index in [0.717, 1.165) is 37.8 Å². The Balaban J connectivity index is 1.27. The summed E-state index contributed by atoms with van der Waals surface area (Å²) >= 11 is 3.18. The highest BCUT2D eigenvalue weighted by molar-refractivity contribution is 7.99. The maximum atomic E-state index is 12.3. The monoisotopic (exact) mass is 462 g/mol. The van der Waals surface area contributed by atoms with Gasteiger partial charge in [0.15, 0.2) is 5.16 Å². The molecular formula is C24H22N4O2S2. The van der Waals surface area contributed by atoms with Crippen molar-refractivity contribution in [3.63, 3.8) is 0 Å². The molecule has 4 aromatic rings. The Morgan fingerprint density at radius 1 is 1.19 bits per heavy atom. The van der Waals surface area contributed by atoms with Crippen LogP contribution in [0.1, 0.15) is 16.3 Å². The minimum Gasteiger partial charge on any atom is -0.487 e. The average molecular weight is 463 g/mol. The predicted octanol–water partition coefficient (Wildman–Crippen LogP) is 5.57. The Morgan fingerprint density at radius 2 is 1.97 bits per heavy atom. The number of hydrogen-bond donors (Lipinski definition) is 1. The molecule has 2 aromatic heterocycles. The van der Waals surface area contributed by atoms with Gasteiger partial charge in [-0.1, -0.05) is 23.9 Å². The molecule has 1 amide bonds. The zero-order valence-electron chi connectivity index (χ0n) is 17.7. The number of carbonyl (C=O) groups is 1. The minimum atomic E-state index is -0.186. The Labute approximate surface area is 195 Å². The molecule has 0 saturated carbocycles. The molecule has 0 unspecified atom stereocenters. The Hall–Kier alpha value is -3.36. The molecule has 0 aliphatic heterocycles. The van der Waals surface area contributed by atoms with Crippen molar-refractivity contribution in [1.29, 1.82) is 0 Å². The number of thiazole rings is 1. The lowest BCUT2D eigenvalue weighted by atomic mass is 10.2. The number of nitrogens with one attached hydrogen (secondary N) is 1. The number of nitrogens with zero attached hydrogens (tertiary/aromatic N) is 3. The second-order valence-electron chi connectivity index (χ2n) is 6.99. The first-order valence-electron chi connectivity index (χ1n) is 9.93. The van der Waals surface area contributed by atoms with Gasteiger partial charge in [-0.3, -0.25) is 4.79 Å². The molecule has 0 radical (unpaired) electrons. The molecular weight excluding hydrogens is 440 g/mol. The van der Waals surface area contributed by atoms with Crippen LogP contribution in [0, 0.1) is 6.92 Å². The molecule has 2 heterocycles. The Bertz CT molecular complexity index is 1210. The van der Waals surface area contributed by atoms with E-state index in [-0.39, 0.29) is 5.91 Å². The number of carbonyl (C=O) groups excluding carboxylic acids is 1. The SMILES string of the molecule is Cc1nc(COc2ccc(C=CC(=O)Nc3ccc(Sc4nccn4C)cc3)cc2)cs1. The molecule has 6 nitrogen and oxygen atoms in total. The minimum absolute atomic E-state index is 0.186. The number of anilines is 1. The normalized spacial score (nSPS) is 11.1. The van der Waals surface area contributed by atoms with Crippen LogP contribution in [0.4, 0.5) is 5.69 Å². The fourth-order valence-corrected chi connectivity index (χ4v) is 4.22. The lowest BCUT2D eigenvalue weighted by molar-refractivity contribution is -0.111. The van der Waals surface area contributed by atoms with Crippen LogP contribution < -0.4 is 10.1 Å². The van der Waals surface area contributed by atoms with E-state index in [1.165, 1.54) is 6.08 Å². The fraction of sp³-hybridized carbons (Fsp3) is 0.125. The maximum absolute atomic E-state index is 12.3. The first-order chi connectivity index (χ1) is 15.5. The van der Waals surface area contributed by atoms with Crippen LogP contribution in [0.5, 0.6) is 5.75 Å². The van der Waals surface area contributed by atoms with E-state index in [2.05, 4.69) is 15.3 Å². The van der Waals surface area contributed by atoms with E-state index in [1.54, 1.807) is 35.4 Å². The van der Waals surface area contributed by atoms with Gasteiger partial charge in [0.05, 0.1) is 10.7 Å². The highest BCUT2D eigenvalue weighted by Gasteiger charge is 2.04. The predicted molar refractivity (Wildman–Crippen MR) is 129 cm³/mol. The summed E-state index contributed by atoms with van der Waals surface area (Å²) in [4.78, 5) is 22.0. The molecule has 2 aromatic carbocycles. The highest BCUT2D eigenvalue weighted by atomic mass is 32.2. The van der Waals surface area contributed by atoms with Gasteiger partial charge in [-0.15, -0.1) is 11.3 Å². The maximum Gasteiger partial charge on any atom is 0.248 e. The van der Waals surface area contributed by atoms with Gasteiger partial charge in [-0.05, 0) is 55.0 Å². The van der Waals surface area contributed by atoms with E-state index < -0.39 is 0 Å². The summed E-state index contributed by atoms with van der Waals surface area (Å²) in [7, 11) is 1.96. The second kappa shape index (κ2) is 10.3. The van der Waals surface area contributed by atoms with Gasteiger partial charge in [0.1, 0.15) is 12.4 Å². The molecule has 0 spiro atoms. The van der Waals surface area contributed by atoms with E-state index >= 15 is 0 Å². The van der Waals surface area contributed by atoms with Gasteiger partial charge in [0, 0.05) is 41.5 Å². The van der Waals surface area contributed by atoms with E-state index in [0.29, 0.717) is 6.61 Å². The third-order valence-corrected chi connectivity index (χ3v) is 6.37. The molecule has 0 aliphatic carbocycles. The van der Waals surface area contributed by atoms with E-state index in [9.17, 15) is 4.79 Å². The Morgan fingerprint density at radius 3 is 2.62 bits per heavy atom. The number of aromatic nitrogens is 3. The topological polar surface area (TPSA) is 69.0 Å². The summed E-state index contributed by atoms with van der Waals surface area (Å²) in [6, 6.07) is 15.3. The summed E-state index contributed by atoms with van der Waals surface area (Å²) in [6.07, 6.45) is 6.97. The summed E-state index contributed by atoms with van der Waals surface area (Å²) in [5, 5.41) is 6.82. The number of hydrogen-bond acceptors (Lipinski definition) is 6. The molecule has 0 saturated heterocycles. The number of rotatable bonds is 8. The van der Waals surface area contributed by atoms with Crippen molar-refractivity contribution < 1.29 is 9.53 Å². The van der Waals surface area contributed by atoms with E-state index in [1.807, 2.05) is 78.6 Å². The lowest BCUT2D eigenvalue weighted by Gasteiger charge is -2.05. The molecule has 4 rings (SSSR count). The molecule has 0 bridgehead atoms. The van der Waals surface area contributed by atoms with Crippen LogP contribution in [0.3, 0.4) is 0 Å². The van der Waals surface area contributed by atoms with Crippen molar-refractivity contribution >= 4 is 40.8 Å². The first-order valence-corrected chi connectivity index (χ1v) is 11.6. The smallest absolute Gasteiger partial charge is 0.248 e. The standard InChI is InChI=1S/C24H22N4O2S2/c1-17-26-20(16-31-17)15-30-21-8-3-18(4-9-21)5-12-23(29)27-19-6-10-22(11-7-19)32-24-25-13-14-28(24)2/h3-14,16H,15H2,1-2H3,(H,27,29). The summed E-state index contributed by atoms with van der Waals surface area (Å²) in [6.45, 7) is 2.42. The van der Waals surface area contributed by atoms with Crippen molar-refractivity contribution in [2.75, 3.05) is 5.32 Å². The van der Waals surface area contributed by atoms with Crippen molar-refractivity contribution in [2.45, 2.75) is 23.6 Å². The molecule has 0 aliphatic rings. The fourth-order valence-electron chi connectivity index (χ4n) is 2.82. The largest absolute Gasteiger partial charge is 0.487 e. The van der Waals surface area contributed by atoms with Gasteiger partial charge in [-0.25, -0.2) is 9.97 Å². The molecule has 1 N–H and O–H groups in total. The number of benzene rings is 2. The summed E-state index contributed by atoms with van der Waals surface area (Å²) in [5.74, 6) is 0.578. The molecule has 32 heavy (non-hydrogen) atoms. The van der Waals surface area contributed by atoms with Crippen molar-refractivity contribution in [1.82, 2.24) is 14.5 Å². The number of imidazole rings is 1. The van der Waals surface area contributed by atoms with Crippen LogP contribution in [0.2, 0.25) is 0 Å². The number of aryl methyl sites for hydroxylation is 2. The van der Waals surface area contributed by atoms with Crippen molar-refractivity contribution in [2.24, 2.45) is 7.05 Å². The first kappa shape index (κ1) is 21.9. The van der Waals surface area contributed by atoms with Crippen molar-refractivity contribution in [3.8, 4) is 5.75 Å². The average Bonchev–Trinajstić information content (AvgIpc) is 3.40. The Kier molecular flexibility index (Phi) is 7.03. The molecule has 0 atom stereocenters. The lowest BCUT2D eigenvalue weighted by Crippen LogP contribution is -2.07. The van der Waals surface area contributed by atoms with Gasteiger partial charge in [0.25, 0.3) is 0 Å². The molecule has 8 heteroatoms. The van der Waals surface area contributed by atoms with Crippen molar-refractivity contribution in [3.05, 3.63) is 88.6 Å². The zero-order valence-corrected chi connectivity index (χ0v) is 19.3. The number of ether oxygens (including phenoxy) is 1. The van der Waals surface area contributed by atoms with Crippen LogP contribution in [0.25, 0.3) is 6.08 Å². The summed E-state index contributed by atoms with van der Waals surface area (Å²) < 4.78 is 7.71. The third-order valence-electron chi connectivity index (χ3n) is 4.47. The van der Waals surface area contributed by atoms with E-state index in [4.69, 9.17) is 4.74 Å². The van der Waals surface area contributed by atoms with Crippen LogP contribution >= 0.6 is 23.1 Å².